The van der Waals surface area contributed by atoms with E-state index >= 15 is 0 Å². The fourth-order valence-corrected chi connectivity index (χ4v) is 1.57. The molecule has 0 amide bonds. The first kappa shape index (κ1) is 11.5. The van der Waals surface area contributed by atoms with E-state index in [1.54, 1.807) is 0 Å². The first-order valence-electron chi connectivity index (χ1n) is 5.12. The van der Waals surface area contributed by atoms with Crippen molar-refractivity contribution in [2.75, 3.05) is 11.9 Å². The van der Waals surface area contributed by atoms with Crippen molar-refractivity contribution in [1.82, 2.24) is 4.98 Å². The molecule has 0 atom stereocenters. The van der Waals surface area contributed by atoms with Gasteiger partial charge in [-0.15, -0.1) is 0 Å². The van der Waals surface area contributed by atoms with Crippen LogP contribution in [0.1, 0.15) is 30.3 Å². The molecule has 0 aliphatic heterocycles. The minimum atomic E-state index is 0.0682. The molecule has 4 heteroatoms. The van der Waals surface area contributed by atoms with E-state index < -0.39 is 0 Å². The van der Waals surface area contributed by atoms with Crippen LogP contribution in [0.4, 0.5) is 5.69 Å². The van der Waals surface area contributed by atoms with Crippen LogP contribution >= 0.6 is 0 Å². The highest BCUT2D eigenvalue weighted by Crippen LogP contribution is 2.18. The van der Waals surface area contributed by atoms with Crippen LogP contribution in [-0.2, 0) is 0 Å². The van der Waals surface area contributed by atoms with E-state index in [4.69, 9.17) is 11.1 Å². The fourth-order valence-electron chi connectivity index (χ4n) is 1.57. The highest BCUT2D eigenvalue weighted by Gasteiger charge is 2.10. The Balaban J connectivity index is 3.14. The van der Waals surface area contributed by atoms with Crippen LogP contribution in [-0.4, -0.2) is 17.4 Å². The average Bonchev–Trinajstić information content (AvgIpc) is 2.12. The Morgan fingerprint density at radius 3 is 2.73 bits per heavy atom. The van der Waals surface area contributed by atoms with Crippen LogP contribution in [0.3, 0.4) is 0 Å². The number of nitrogens with two attached hydrogens (primary N) is 1. The number of amidine groups is 1. The summed E-state index contributed by atoms with van der Waals surface area (Å²) in [5.41, 5.74) is 8.92. The Morgan fingerprint density at radius 1 is 1.53 bits per heavy atom. The third kappa shape index (κ3) is 2.68. The number of aryl methyl sites for hydroxylation is 2. The summed E-state index contributed by atoms with van der Waals surface area (Å²) in [6.07, 6.45) is 1.04. The number of anilines is 1. The second-order valence-corrected chi connectivity index (χ2v) is 3.61. The summed E-state index contributed by atoms with van der Waals surface area (Å²) in [5, 5.41) is 10.8. The molecule has 0 saturated heterocycles. The average molecular weight is 206 g/mol. The monoisotopic (exact) mass is 206 g/mol. The Bertz CT molecular complexity index is 371. The second kappa shape index (κ2) is 4.77. The predicted octanol–water partition coefficient (Wildman–Crippen LogP) is 1.80. The topological polar surface area (TPSA) is 74.8 Å². The van der Waals surface area contributed by atoms with Crippen LogP contribution in [0, 0.1) is 19.3 Å². The summed E-state index contributed by atoms with van der Waals surface area (Å²) < 4.78 is 0. The van der Waals surface area contributed by atoms with E-state index in [1.807, 2.05) is 19.9 Å². The van der Waals surface area contributed by atoms with E-state index in [0.29, 0.717) is 5.56 Å². The number of nitrogens with one attached hydrogen (secondary N) is 2. The highest BCUT2D eigenvalue weighted by atomic mass is 14.9. The van der Waals surface area contributed by atoms with Crippen molar-refractivity contribution in [2.24, 2.45) is 5.73 Å². The number of nitrogens with zero attached hydrogens (tertiary/aromatic N) is 1. The smallest absolute Gasteiger partial charge is 0.126 e. The second-order valence-electron chi connectivity index (χ2n) is 3.61. The van der Waals surface area contributed by atoms with Crippen molar-refractivity contribution >= 4 is 11.5 Å². The molecule has 1 aromatic rings. The van der Waals surface area contributed by atoms with Gasteiger partial charge in [0.25, 0.3) is 0 Å². The Hall–Kier alpha value is -1.58. The number of aromatic nitrogens is 1. The van der Waals surface area contributed by atoms with Gasteiger partial charge in [0.05, 0.1) is 11.3 Å². The van der Waals surface area contributed by atoms with E-state index in [2.05, 4.69) is 17.2 Å². The lowest BCUT2D eigenvalue weighted by Gasteiger charge is -2.13. The molecule has 1 heterocycles. The van der Waals surface area contributed by atoms with Gasteiger partial charge in [0.15, 0.2) is 0 Å². The van der Waals surface area contributed by atoms with Crippen LogP contribution in [0.25, 0.3) is 0 Å². The molecule has 1 aromatic heterocycles. The minimum absolute atomic E-state index is 0.0682. The summed E-state index contributed by atoms with van der Waals surface area (Å²) in [4.78, 5) is 4.30. The van der Waals surface area contributed by atoms with E-state index in [9.17, 15) is 0 Å². The normalized spacial score (nSPS) is 10.1. The van der Waals surface area contributed by atoms with Crippen LogP contribution in [0.5, 0.6) is 0 Å². The molecule has 0 spiro atoms. The maximum Gasteiger partial charge on any atom is 0.126 e. The summed E-state index contributed by atoms with van der Waals surface area (Å²) in [5.74, 6) is 0.0682. The molecule has 0 saturated carbocycles. The third-order valence-corrected chi connectivity index (χ3v) is 2.16. The SMILES string of the molecule is CCCNc1cc(C)nc(C)c1C(=N)N. The van der Waals surface area contributed by atoms with Crippen LogP contribution in [0.2, 0.25) is 0 Å². The molecule has 0 unspecified atom stereocenters. The van der Waals surface area contributed by atoms with Gasteiger partial charge >= 0.3 is 0 Å². The maximum atomic E-state index is 7.52. The molecule has 4 N–H and O–H groups in total. The van der Waals surface area contributed by atoms with Crippen molar-refractivity contribution < 1.29 is 0 Å². The first-order valence-corrected chi connectivity index (χ1v) is 5.12. The molecule has 0 aliphatic rings. The molecular weight excluding hydrogens is 188 g/mol. The van der Waals surface area contributed by atoms with Gasteiger partial charge in [-0.25, -0.2) is 0 Å². The largest absolute Gasteiger partial charge is 0.384 e. The fraction of sp³-hybridized carbons (Fsp3) is 0.455. The lowest BCUT2D eigenvalue weighted by Crippen LogP contribution is -2.17. The van der Waals surface area contributed by atoms with Gasteiger partial charge in [-0.05, 0) is 26.3 Å². The van der Waals surface area contributed by atoms with Crippen LogP contribution < -0.4 is 11.1 Å². The van der Waals surface area contributed by atoms with Crippen molar-refractivity contribution in [2.45, 2.75) is 27.2 Å². The van der Waals surface area contributed by atoms with Gasteiger partial charge in [0, 0.05) is 17.9 Å². The Morgan fingerprint density at radius 2 is 2.20 bits per heavy atom. The van der Waals surface area contributed by atoms with Gasteiger partial charge in [0.1, 0.15) is 5.84 Å². The van der Waals surface area contributed by atoms with E-state index in [-0.39, 0.29) is 5.84 Å². The highest BCUT2D eigenvalue weighted by molar-refractivity contribution is 6.01. The number of rotatable bonds is 4. The zero-order valence-corrected chi connectivity index (χ0v) is 9.52. The van der Waals surface area contributed by atoms with Crippen molar-refractivity contribution in [3.05, 3.63) is 23.0 Å². The zero-order chi connectivity index (χ0) is 11.4. The zero-order valence-electron chi connectivity index (χ0n) is 9.52. The molecule has 1 rings (SSSR count). The summed E-state index contributed by atoms with van der Waals surface area (Å²) >= 11 is 0. The number of hydrogen-bond donors (Lipinski definition) is 3. The summed E-state index contributed by atoms with van der Waals surface area (Å²) in [7, 11) is 0. The van der Waals surface area contributed by atoms with Crippen LogP contribution in [0.15, 0.2) is 6.07 Å². The lowest BCUT2D eigenvalue weighted by atomic mass is 10.1. The molecular formula is C11H18N4. The van der Waals surface area contributed by atoms with Crippen molar-refractivity contribution in [1.29, 1.82) is 5.41 Å². The molecule has 4 nitrogen and oxygen atoms in total. The van der Waals surface area contributed by atoms with Gasteiger partial charge in [-0.1, -0.05) is 6.92 Å². The molecule has 0 aliphatic carbocycles. The molecule has 0 bridgehead atoms. The molecule has 15 heavy (non-hydrogen) atoms. The van der Waals surface area contributed by atoms with E-state index in [0.717, 1.165) is 30.0 Å². The lowest BCUT2D eigenvalue weighted by molar-refractivity contribution is 0.973. The Labute approximate surface area is 90.4 Å². The van der Waals surface area contributed by atoms with Gasteiger partial charge in [-0.2, -0.15) is 0 Å². The predicted molar refractivity (Wildman–Crippen MR) is 63.5 cm³/mol. The maximum absolute atomic E-state index is 7.52. The van der Waals surface area contributed by atoms with Crippen molar-refractivity contribution in [3.8, 4) is 0 Å². The molecule has 0 aromatic carbocycles. The number of hydrogen-bond acceptors (Lipinski definition) is 3. The molecule has 82 valence electrons. The van der Waals surface area contributed by atoms with Gasteiger partial charge in [0.2, 0.25) is 0 Å². The number of pyridine rings is 1. The standard InChI is InChI=1S/C11H18N4/c1-4-5-14-9-6-7(2)15-8(3)10(9)11(12)13/h6H,4-5H2,1-3H3,(H3,12,13)(H,14,15). The third-order valence-electron chi connectivity index (χ3n) is 2.16. The number of nitrogen functional groups attached to an aromatic ring is 1. The van der Waals surface area contributed by atoms with Crippen molar-refractivity contribution in [3.63, 3.8) is 0 Å². The summed E-state index contributed by atoms with van der Waals surface area (Å²) in [6.45, 7) is 6.79. The first-order chi connectivity index (χ1) is 7.06. The Kier molecular flexibility index (Phi) is 3.66. The van der Waals surface area contributed by atoms with Gasteiger partial charge < -0.3 is 11.1 Å². The molecule has 0 fully saturated rings. The minimum Gasteiger partial charge on any atom is -0.384 e. The van der Waals surface area contributed by atoms with Gasteiger partial charge in [-0.3, -0.25) is 10.4 Å². The van der Waals surface area contributed by atoms with E-state index in [1.165, 1.54) is 0 Å². The molecule has 0 radical (unpaired) electrons. The summed E-state index contributed by atoms with van der Waals surface area (Å²) in [6, 6.07) is 1.93. The quantitative estimate of drug-likeness (QED) is 0.519.